The molecular weight excluding hydrogens is 248 g/mol. The zero-order chi connectivity index (χ0) is 13.4. The molecule has 0 radical (unpaired) electrons. The van der Waals surface area contributed by atoms with Crippen LogP contribution in [0.1, 0.15) is 39.4 Å². The number of ketones is 1. The van der Waals surface area contributed by atoms with Gasteiger partial charge in [-0.1, -0.05) is 0 Å². The summed E-state index contributed by atoms with van der Waals surface area (Å²) in [6.45, 7) is 0. The Morgan fingerprint density at radius 3 is 2.84 bits per heavy atom. The van der Waals surface area contributed by atoms with Gasteiger partial charge >= 0.3 is 5.97 Å². The van der Waals surface area contributed by atoms with Gasteiger partial charge in [0.1, 0.15) is 5.69 Å². The van der Waals surface area contributed by atoms with Gasteiger partial charge in [-0.2, -0.15) is 5.10 Å². The lowest BCUT2D eigenvalue weighted by molar-refractivity contribution is 0.0688. The van der Waals surface area contributed by atoms with E-state index in [9.17, 15) is 9.59 Å². The molecule has 0 saturated carbocycles. The van der Waals surface area contributed by atoms with E-state index >= 15 is 0 Å². The summed E-state index contributed by atoms with van der Waals surface area (Å²) in [5, 5.41) is 13.2. The highest BCUT2D eigenvalue weighted by molar-refractivity contribution is 6.00. The Morgan fingerprint density at radius 1 is 1.32 bits per heavy atom. The molecule has 2 heterocycles. The molecule has 0 fully saturated rings. The molecule has 7 heteroatoms. The molecule has 19 heavy (non-hydrogen) atoms. The molecule has 0 atom stereocenters. The third-order valence-electron chi connectivity index (χ3n) is 3.05. The molecule has 0 spiro atoms. The molecule has 2 aromatic heterocycles. The summed E-state index contributed by atoms with van der Waals surface area (Å²) >= 11 is 0. The summed E-state index contributed by atoms with van der Waals surface area (Å²) in [6, 6.07) is 0. The number of aromatic carboxylic acids is 1. The standard InChI is InChI=1S/C12H10N4O3/c17-8-3-1-2-7-10(12(18)19)15-16(11(7)8)9-6-13-4-5-14-9/h4-6H,1-3H2,(H,18,19). The number of carbonyl (C=O) groups excluding carboxylic acids is 1. The number of carboxylic acids is 1. The maximum atomic E-state index is 12.0. The number of hydrogen-bond acceptors (Lipinski definition) is 5. The van der Waals surface area contributed by atoms with Crippen molar-refractivity contribution in [3.63, 3.8) is 0 Å². The molecule has 0 unspecified atom stereocenters. The molecule has 0 saturated heterocycles. The van der Waals surface area contributed by atoms with Gasteiger partial charge in [-0.05, 0) is 12.8 Å². The van der Waals surface area contributed by atoms with Gasteiger partial charge in [-0.25, -0.2) is 14.5 Å². The summed E-state index contributed by atoms with van der Waals surface area (Å²) in [5.74, 6) is -0.887. The number of rotatable bonds is 2. The second-order valence-corrected chi connectivity index (χ2v) is 4.23. The minimum atomic E-state index is -1.13. The fourth-order valence-electron chi connectivity index (χ4n) is 2.26. The van der Waals surface area contributed by atoms with Crippen LogP contribution in [0.3, 0.4) is 0 Å². The Bertz CT molecular complexity index is 663. The van der Waals surface area contributed by atoms with Crippen LogP contribution < -0.4 is 0 Å². The van der Waals surface area contributed by atoms with Crippen LogP contribution in [0.2, 0.25) is 0 Å². The fourth-order valence-corrected chi connectivity index (χ4v) is 2.26. The van der Waals surface area contributed by atoms with Gasteiger partial charge in [-0.15, -0.1) is 0 Å². The van der Waals surface area contributed by atoms with Crippen molar-refractivity contribution in [3.05, 3.63) is 35.5 Å². The smallest absolute Gasteiger partial charge is 0.356 e. The first kappa shape index (κ1) is 11.5. The molecule has 3 rings (SSSR count). The van der Waals surface area contributed by atoms with Gasteiger partial charge in [0, 0.05) is 24.4 Å². The van der Waals surface area contributed by atoms with Crippen LogP contribution in [-0.2, 0) is 6.42 Å². The van der Waals surface area contributed by atoms with Crippen LogP contribution in [0, 0.1) is 0 Å². The first-order chi connectivity index (χ1) is 9.18. The van der Waals surface area contributed by atoms with E-state index in [0.717, 1.165) is 0 Å². The highest BCUT2D eigenvalue weighted by Gasteiger charge is 2.30. The molecule has 0 aliphatic heterocycles. The first-order valence-corrected chi connectivity index (χ1v) is 5.83. The molecule has 7 nitrogen and oxygen atoms in total. The van der Waals surface area contributed by atoms with Crippen molar-refractivity contribution in [2.45, 2.75) is 19.3 Å². The molecular formula is C12H10N4O3. The molecule has 0 amide bonds. The Kier molecular flexibility index (Phi) is 2.59. The third kappa shape index (κ3) is 1.79. The summed E-state index contributed by atoms with van der Waals surface area (Å²) < 4.78 is 1.28. The van der Waals surface area contributed by atoms with E-state index in [-0.39, 0.29) is 11.5 Å². The van der Waals surface area contributed by atoms with Crippen molar-refractivity contribution < 1.29 is 14.7 Å². The van der Waals surface area contributed by atoms with Crippen LogP contribution in [0.25, 0.3) is 5.82 Å². The predicted octanol–water partition coefficient (Wildman–Crippen LogP) is 0.879. The van der Waals surface area contributed by atoms with Crippen molar-refractivity contribution in [1.82, 2.24) is 19.7 Å². The van der Waals surface area contributed by atoms with E-state index in [1.807, 2.05) is 0 Å². The molecule has 0 bridgehead atoms. The van der Waals surface area contributed by atoms with Gasteiger partial charge in [-0.3, -0.25) is 9.78 Å². The van der Waals surface area contributed by atoms with Gasteiger partial charge in [0.15, 0.2) is 17.3 Å². The number of Topliss-reactive ketones (excluding diaryl/α,β-unsaturated/α-hetero) is 1. The number of aromatic nitrogens is 4. The van der Waals surface area contributed by atoms with Crippen molar-refractivity contribution >= 4 is 11.8 Å². The Balaban J connectivity index is 2.26. The Labute approximate surface area is 107 Å². The highest BCUT2D eigenvalue weighted by Crippen LogP contribution is 2.26. The lowest BCUT2D eigenvalue weighted by Gasteiger charge is -2.12. The fraction of sp³-hybridized carbons (Fsp3) is 0.250. The second kappa shape index (κ2) is 4.27. The normalized spacial score (nSPS) is 14.2. The van der Waals surface area contributed by atoms with E-state index in [1.165, 1.54) is 23.3 Å². The monoisotopic (exact) mass is 258 g/mol. The topological polar surface area (TPSA) is 98.0 Å². The van der Waals surface area contributed by atoms with Crippen molar-refractivity contribution in [3.8, 4) is 5.82 Å². The maximum Gasteiger partial charge on any atom is 0.356 e. The zero-order valence-electron chi connectivity index (χ0n) is 9.91. The van der Waals surface area contributed by atoms with Crippen LogP contribution in [0.5, 0.6) is 0 Å². The van der Waals surface area contributed by atoms with Crippen LogP contribution in [0.15, 0.2) is 18.6 Å². The van der Waals surface area contributed by atoms with E-state index in [4.69, 9.17) is 5.11 Å². The van der Waals surface area contributed by atoms with Gasteiger partial charge < -0.3 is 5.11 Å². The zero-order valence-corrected chi connectivity index (χ0v) is 9.91. The summed E-state index contributed by atoms with van der Waals surface area (Å²) in [7, 11) is 0. The molecule has 2 aromatic rings. The number of nitrogens with zero attached hydrogens (tertiary/aromatic N) is 4. The van der Waals surface area contributed by atoms with E-state index in [1.54, 1.807) is 0 Å². The highest BCUT2D eigenvalue weighted by atomic mass is 16.4. The summed E-state index contributed by atoms with van der Waals surface area (Å²) in [6.07, 6.45) is 6.01. The number of carbonyl (C=O) groups is 2. The summed E-state index contributed by atoms with van der Waals surface area (Å²) in [5.41, 5.74) is 0.743. The van der Waals surface area contributed by atoms with Crippen molar-refractivity contribution in [2.24, 2.45) is 0 Å². The average molecular weight is 258 g/mol. The minimum Gasteiger partial charge on any atom is -0.476 e. The van der Waals surface area contributed by atoms with Crippen molar-refractivity contribution in [1.29, 1.82) is 0 Å². The van der Waals surface area contributed by atoms with Crippen LogP contribution in [-0.4, -0.2) is 36.6 Å². The van der Waals surface area contributed by atoms with E-state index in [2.05, 4.69) is 15.1 Å². The maximum absolute atomic E-state index is 12.0. The Hall–Kier alpha value is -2.57. The number of hydrogen-bond donors (Lipinski definition) is 1. The largest absolute Gasteiger partial charge is 0.476 e. The number of carboxylic acid groups (broad SMARTS) is 1. The van der Waals surface area contributed by atoms with Gasteiger partial charge in [0.2, 0.25) is 0 Å². The average Bonchev–Trinajstić information content (AvgIpc) is 2.81. The lowest BCUT2D eigenvalue weighted by atomic mass is 9.94. The second-order valence-electron chi connectivity index (χ2n) is 4.23. The van der Waals surface area contributed by atoms with E-state index in [0.29, 0.717) is 36.3 Å². The minimum absolute atomic E-state index is 0.0753. The third-order valence-corrected chi connectivity index (χ3v) is 3.05. The van der Waals surface area contributed by atoms with Gasteiger partial charge in [0.25, 0.3) is 0 Å². The summed E-state index contributed by atoms with van der Waals surface area (Å²) in [4.78, 5) is 31.2. The van der Waals surface area contributed by atoms with E-state index < -0.39 is 5.97 Å². The lowest BCUT2D eigenvalue weighted by Crippen LogP contribution is -2.16. The van der Waals surface area contributed by atoms with Crippen LogP contribution in [0.4, 0.5) is 0 Å². The molecule has 96 valence electrons. The molecule has 0 aromatic carbocycles. The first-order valence-electron chi connectivity index (χ1n) is 5.83. The van der Waals surface area contributed by atoms with Gasteiger partial charge in [0.05, 0.1) is 6.20 Å². The predicted molar refractivity (Wildman–Crippen MR) is 63.4 cm³/mol. The SMILES string of the molecule is O=C(O)c1nn(-c2cnccn2)c2c1CCCC2=O. The molecule has 1 N–H and O–H groups in total. The number of fused-ring (bicyclic) bond motifs is 1. The van der Waals surface area contributed by atoms with Crippen LogP contribution >= 0.6 is 0 Å². The Morgan fingerprint density at radius 2 is 2.16 bits per heavy atom. The molecule has 1 aliphatic carbocycles. The van der Waals surface area contributed by atoms with Crippen molar-refractivity contribution in [2.75, 3.05) is 0 Å². The quantitative estimate of drug-likeness (QED) is 0.858. The molecule has 1 aliphatic rings.